The van der Waals surface area contributed by atoms with E-state index in [2.05, 4.69) is 5.48 Å². The first-order valence-electron chi connectivity index (χ1n) is 3.90. The molecule has 0 aliphatic carbocycles. The molecule has 0 saturated carbocycles. The van der Waals surface area contributed by atoms with E-state index >= 15 is 0 Å². The second kappa shape index (κ2) is 8.88. The lowest BCUT2D eigenvalue weighted by Gasteiger charge is -1.99. The molecule has 0 amide bonds. The highest BCUT2D eigenvalue weighted by Gasteiger charge is 1.87. The lowest BCUT2D eigenvalue weighted by molar-refractivity contribution is 0.0550. The Bertz CT molecular complexity index is 51.6. The van der Waals surface area contributed by atoms with E-state index in [1.807, 2.05) is 0 Å². The number of hydroxylamine groups is 1. The quantitative estimate of drug-likeness (QED) is 0.409. The fraction of sp³-hybridized carbons (Fsp3) is 1.00. The molecule has 3 N–H and O–H groups in total. The van der Waals surface area contributed by atoms with Crippen LogP contribution < -0.4 is 11.2 Å². The lowest BCUT2D eigenvalue weighted by atomic mass is 10.2. The van der Waals surface area contributed by atoms with Gasteiger partial charge in [-0.15, -0.1) is 0 Å². The van der Waals surface area contributed by atoms with Crippen molar-refractivity contribution in [3.63, 3.8) is 0 Å². The van der Waals surface area contributed by atoms with Gasteiger partial charge >= 0.3 is 0 Å². The van der Waals surface area contributed by atoms with Gasteiger partial charge in [-0.05, 0) is 19.4 Å². The van der Waals surface area contributed by atoms with E-state index in [4.69, 9.17) is 10.6 Å². The summed E-state index contributed by atoms with van der Waals surface area (Å²) in [5, 5.41) is 0. The Morgan fingerprint density at radius 2 is 1.90 bits per heavy atom. The summed E-state index contributed by atoms with van der Waals surface area (Å²) in [5.41, 5.74) is 7.96. The summed E-state index contributed by atoms with van der Waals surface area (Å²) in [6, 6.07) is 0. The van der Waals surface area contributed by atoms with E-state index in [9.17, 15) is 0 Å². The van der Waals surface area contributed by atoms with Crippen molar-refractivity contribution in [2.75, 3.05) is 20.2 Å². The average molecular weight is 146 g/mol. The molecule has 3 heteroatoms. The van der Waals surface area contributed by atoms with Crippen LogP contribution in [0.1, 0.15) is 25.7 Å². The molecule has 0 radical (unpaired) electrons. The lowest BCUT2D eigenvalue weighted by Crippen LogP contribution is -2.08. The van der Waals surface area contributed by atoms with Gasteiger partial charge in [0.2, 0.25) is 0 Å². The fourth-order valence-corrected chi connectivity index (χ4v) is 0.774. The van der Waals surface area contributed by atoms with Crippen LogP contribution in [0.25, 0.3) is 0 Å². The molecule has 10 heavy (non-hydrogen) atoms. The van der Waals surface area contributed by atoms with E-state index in [0.717, 1.165) is 26.0 Å². The van der Waals surface area contributed by atoms with Gasteiger partial charge in [-0.25, -0.2) is 5.48 Å². The van der Waals surface area contributed by atoms with Gasteiger partial charge in [-0.2, -0.15) is 0 Å². The summed E-state index contributed by atoms with van der Waals surface area (Å²) in [7, 11) is 1.78. The van der Waals surface area contributed by atoms with Crippen molar-refractivity contribution in [1.29, 1.82) is 0 Å². The topological polar surface area (TPSA) is 47.3 Å². The first-order chi connectivity index (χ1) is 4.91. The van der Waals surface area contributed by atoms with Gasteiger partial charge in [0, 0.05) is 7.05 Å². The van der Waals surface area contributed by atoms with Crippen molar-refractivity contribution in [3.05, 3.63) is 0 Å². The SMILES string of the molecule is CNOCCCCCCN. The molecule has 0 aliphatic rings. The molecule has 0 saturated heterocycles. The highest BCUT2D eigenvalue weighted by Crippen LogP contribution is 1.97. The third-order valence-corrected chi connectivity index (χ3v) is 1.34. The first kappa shape index (κ1) is 9.88. The van der Waals surface area contributed by atoms with Gasteiger partial charge in [-0.1, -0.05) is 12.8 Å². The number of unbranched alkanes of at least 4 members (excludes halogenated alkanes) is 3. The third-order valence-electron chi connectivity index (χ3n) is 1.34. The van der Waals surface area contributed by atoms with Crippen molar-refractivity contribution in [1.82, 2.24) is 5.48 Å². The van der Waals surface area contributed by atoms with Gasteiger partial charge in [0.25, 0.3) is 0 Å². The highest BCUT2D eigenvalue weighted by molar-refractivity contribution is 4.42. The molecular weight excluding hydrogens is 128 g/mol. The molecule has 0 fully saturated rings. The second-order valence-corrected chi connectivity index (χ2v) is 2.26. The van der Waals surface area contributed by atoms with E-state index in [0.29, 0.717) is 0 Å². The fourth-order valence-electron chi connectivity index (χ4n) is 0.774. The molecule has 0 aromatic heterocycles. The van der Waals surface area contributed by atoms with Crippen molar-refractivity contribution >= 4 is 0 Å². The Balaban J connectivity index is 2.65. The third kappa shape index (κ3) is 7.88. The molecule has 0 aliphatic heterocycles. The maximum absolute atomic E-state index is 5.33. The van der Waals surface area contributed by atoms with Gasteiger partial charge in [0.05, 0.1) is 6.61 Å². The van der Waals surface area contributed by atoms with Crippen LogP contribution >= 0.6 is 0 Å². The normalized spacial score (nSPS) is 10.2. The van der Waals surface area contributed by atoms with Crippen LogP contribution in [-0.4, -0.2) is 20.2 Å². The number of nitrogens with one attached hydrogen (secondary N) is 1. The monoisotopic (exact) mass is 146 g/mol. The summed E-state index contributed by atoms with van der Waals surface area (Å²) in [6.45, 7) is 1.62. The minimum Gasteiger partial charge on any atom is -0.330 e. The van der Waals surface area contributed by atoms with Crippen LogP contribution in [0, 0.1) is 0 Å². The zero-order valence-electron chi connectivity index (χ0n) is 6.73. The maximum Gasteiger partial charge on any atom is 0.0682 e. The van der Waals surface area contributed by atoms with Crippen LogP contribution in [-0.2, 0) is 4.84 Å². The van der Waals surface area contributed by atoms with Crippen molar-refractivity contribution in [3.8, 4) is 0 Å². The summed E-state index contributed by atoms with van der Waals surface area (Å²) >= 11 is 0. The Labute approximate surface area is 62.9 Å². The maximum atomic E-state index is 5.33. The van der Waals surface area contributed by atoms with Crippen molar-refractivity contribution in [2.45, 2.75) is 25.7 Å². The zero-order chi connectivity index (χ0) is 7.66. The summed E-state index contributed by atoms with van der Waals surface area (Å²) in [4.78, 5) is 4.93. The van der Waals surface area contributed by atoms with Crippen LogP contribution in [0.5, 0.6) is 0 Å². The van der Waals surface area contributed by atoms with Gasteiger partial charge in [-0.3, -0.25) is 0 Å². The van der Waals surface area contributed by atoms with Crippen LogP contribution in [0.2, 0.25) is 0 Å². The minimum absolute atomic E-state index is 0.807. The largest absolute Gasteiger partial charge is 0.330 e. The highest BCUT2D eigenvalue weighted by atomic mass is 16.6. The Morgan fingerprint density at radius 1 is 1.20 bits per heavy atom. The summed E-state index contributed by atoms with van der Waals surface area (Å²) in [5.74, 6) is 0. The van der Waals surface area contributed by atoms with E-state index in [-0.39, 0.29) is 0 Å². The summed E-state index contributed by atoms with van der Waals surface area (Å²) in [6.07, 6.45) is 4.71. The van der Waals surface area contributed by atoms with Crippen molar-refractivity contribution < 1.29 is 4.84 Å². The molecule has 0 rings (SSSR count). The predicted molar refractivity (Wildman–Crippen MR) is 42.5 cm³/mol. The molecule has 0 bridgehead atoms. The first-order valence-corrected chi connectivity index (χ1v) is 3.90. The standard InChI is InChI=1S/C7H18N2O/c1-9-10-7-5-3-2-4-6-8/h9H,2-8H2,1H3. The van der Waals surface area contributed by atoms with Crippen molar-refractivity contribution in [2.24, 2.45) is 5.73 Å². The minimum atomic E-state index is 0.807. The molecule has 0 spiro atoms. The predicted octanol–water partition coefficient (Wildman–Crippen LogP) is 0.656. The molecule has 0 aromatic rings. The van der Waals surface area contributed by atoms with E-state index < -0.39 is 0 Å². The summed E-state index contributed by atoms with van der Waals surface area (Å²) < 4.78 is 0. The van der Waals surface area contributed by atoms with Gasteiger partial charge < -0.3 is 10.6 Å². The number of nitrogens with two attached hydrogens (primary N) is 1. The Morgan fingerprint density at radius 3 is 2.50 bits per heavy atom. The smallest absolute Gasteiger partial charge is 0.0682 e. The molecule has 0 unspecified atom stereocenters. The molecular formula is C7H18N2O. The molecule has 0 heterocycles. The van der Waals surface area contributed by atoms with Crippen LogP contribution in [0.15, 0.2) is 0 Å². The van der Waals surface area contributed by atoms with E-state index in [1.165, 1.54) is 12.8 Å². The molecule has 0 aromatic carbocycles. The number of hydrogen-bond donors (Lipinski definition) is 2. The number of rotatable bonds is 7. The Hall–Kier alpha value is -0.120. The van der Waals surface area contributed by atoms with Crippen LogP contribution in [0.3, 0.4) is 0 Å². The average Bonchev–Trinajstić information content (AvgIpc) is 1.97. The Kier molecular flexibility index (Phi) is 8.77. The van der Waals surface area contributed by atoms with Gasteiger partial charge in [0.1, 0.15) is 0 Å². The zero-order valence-corrected chi connectivity index (χ0v) is 6.73. The molecule has 0 atom stereocenters. The molecule has 3 nitrogen and oxygen atoms in total. The second-order valence-electron chi connectivity index (χ2n) is 2.26. The van der Waals surface area contributed by atoms with Gasteiger partial charge in [0.15, 0.2) is 0 Å². The van der Waals surface area contributed by atoms with E-state index in [1.54, 1.807) is 7.05 Å². The van der Waals surface area contributed by atoms with Crippen LogP contribution in [0.4, 0.5) is 0 Å². The number of hydrogen-bond acceptors (Lipinski definition) is 3. The molecule has 62 valence electrons.